The normalized spacial score (nSPS) is 10.6. The minimum atomic E-state index is -0.617. The molecule has 0 aliphatic heterocycles. The molecule has 0 radical (unpaired) electrons. The molecule has 1 rings (SSSR count). The highest BCUT2D eigenvalue weighted by molar-refractivity contribution is 7.98. The van der Waals surface area contributed by atoms with E-state index < -0.39 is 5.97 Å². The molecule has 0 fully saturated rings. The quantitative estimate of drug-likeness (QED) is 0.382. The summed E-state index contributed by atoms with van der Waals surface area (Å²) in [5.74, 6) is -0.617. The van der Waals surface area contributed by atoms with Crippen LogP contribution < -0.4 is 5.32 Å². The zero-order chi connectivity index (χ0) is 13.4. The zero-order valence-corrected chi connectivity index (χ0v) is 11.1. The van der Waals surface area contributed by atoms with Crippen LogP contribution in [0.5, 0.6) is 0 Å². The Morgan fingerprint density at radius 1 is 1.56 bits per heavy atom. The van der Waals surface area contributed by atoms with E-state index in [2.05, 4.69) is 5.32 Å². The first-order valence-electron chi connectivity index (χ1n) is 5.39. The minimum Gasteiger partial charge on any atom is -0.462 e. The van der Waals surface area contributed by atoms with Gasteiger partial charge in [0.05, 0.1) is 12.3 Å². The molecule has 0 spiro atoms. The van der Waals surface area contributed by atoms with E-state index in [-0.39, 0.29) is 12.2 Å². The second kappa shape index (κ2) is 7.41. The van der Waals surface area contributed by atoms with Gasteiger partial charge in [0, 0.05) is 11.1 Å². The number of esters is 1. The van der Waals surface area contributed by atoms with Crippen molar-refractivity contribution in [2.24, 2.45) is 0 Å². The number of thioether (sulfide) groups is 1. The molecule has 0 aromatic heterocycles. The number of nitriles is 1. The summed E-state index contributed by atoms with van der Waals surface area (Å²) in [4.78, 5) is 12.4. The highest BCUT2D eigenvalue weighted by Crippen LogP contribution is 2.24. The lowest BCUT2D eigenvalue weighted by Gasteiger charge is -2.06. The number of ether oxygens (including phenoxy) is 1. The molecule has 0 amide bonds. The topological polar surface area (TPSA) is 62.1 Å². The van der Waals surface area contributed by atoms with Crippen molar-refractivity contribution >= 4 is 23.4 Å². The molecule has 4 nitrogen and oxygen atoms in total. The fraction of sp³-hybridized carbons (Fsp3) is 0.231. The van der Waals surface area contributed by atoms with Gasteiger partial charge >= 0.3 is 5.97 Å². The van der Waals surface area contributed by atoms with Crippen molar-refractivity contribution in [3.63, 3.8) is 0 Å². The molecule has 5 heteroatoms. The number of carbonyl (C=O) groups excluding carboxylic acids is 1. The van der Waals surface area contributed by atoms with Crippen molar-refractivity contribution in [3.05, 3.63) is 36.0 Å². The third-order valence-corrected chi connectivity index (χ3v) is 2.89. The standard InChI is InChI=1S/C13H14N2O2S/c1-3-17-13(16)10(8-14)9-15-11-6-4-5-7-12(11)18-2/h4-7,9,15H,3H2,1-2H3. The van der Waals surface area contributed by atoms with Crippen molar-refractivity contribution in [3.8, 4) is 6.07 Å². The molecule has 0 heterocycles. The minimum absolute atomic E-state index is 0.0484. The van der Waals surface area contributed by atoms with Crippen molar-refractivity contribution in [2.75, 3.05) is 18.2 Å². The average Bonchev–Trinajstić information content (AvgIpc) is 2.40. The van der Waals surface area contributed by atoms with Gasteiger partial charge in [0.25, 0.3) is 0 Å². The third-order valence-electron chi connectivity index (χ3n) is 2.09. The zero-order valence-electron chi connectivity index (χ0n) is 10.3. The summed E-state index contributed by atoms with van der Waals surface area (Å²) in [6, 6.07) is 9.45. The van der Waals surface area contributed by atoms with Gasteiger partial charge in [-0.25, -0.2) is 4.79 Å². The molecular formula is C13H14N2O2S. The lowest BCUT2D eigenvalue weighted by Crippen LogP contribution is -2.08. The first-order chi connectivity index (χ1) is 8.72. The van der Waals surface area contributed by atoms with E-state index in [1.54, 1.807) is 18.7 Å². The fourth-order valence-corrected chi connectivity index (χ4v) is 1.82. The van der Waals surface area contributed by atoms with Gasteiger partial charge < -0.3 is 10.1 Å². The predicted octanol–water partition coefficient (Wildman–Crippen LogP) is 2.79. The molecule has 1 aromatic carbocycles. The molecule has 0 unspecified atom stereocenters. The molecule has 1 N–H and O–H groups in total. The number of nitrogens with zero attached hydrogens (tertiary/aromatic N) is 1. The van der Waals surface area contributed by atoms with Gasteiger partial charge in [-0.15, -0.1) is 11.8 Å². The molecule has 0 saturated heterocycles. The van der Waals surface area contributed by atoms with Crippen molar-refractivity contribution in [1.29, 1.82) is 5.26 Å². The number of para-hydroxylation sites is 1. The van der Waals surface area contributed by atoms with Gasteiger partial charge in [0.15, 0.2) is 5.57 Å². The lowest BCUT2D eigenvalue weighted by molar-refractivity contribution is -0.138. The van der Waals surface area contributed by atoms with Gasteiger partial charge in [-0.3, -0.25) is 0 Å². The third kappa shape index (κ3) is 3.82. The van der Waals surface area contributed by atoms with Gasteiger partial charge in [0.2, 0.25) is 0 Å². The average molecular weight is 262 g/mol. The summed E-state index contributed by atoms with van der Waals surface area (Å²) < 4.78 is 4.76. The largest absolute Gasteiger partial charge is 0.462 e. The monoisotopic (exact) mass is 262 g/mol. The second-order valence-electron chi connectivity index (χ2n) is 3.23. The molecule has 0 aliphatic carbocycles. The Hall–Kier alpha value is -1.93. The summed E-state index contributed by atoms with van der Waals surface area (Å²) >= 11 is 1.58. The maximum Gasteiger partial charge on any atom is 0.350 e. The van der Waals surface area contributed by atoms with E-state index in [9.17, 15) is 4.79 Å². The van der Waals surface area contributed by atoms with E-state index in [0.29, 0.717) is 0 Å². The van der Waals surface area contributed by atoms with E-state index >= 15 is 0 Å². The SMILES string of the molecule is CCOC(=O)C(C#N)=CNc1ccccc1SC. The van der Waals surface area contributed by atoms with E-state index in [0.717, 1.165) is 10.6 Å². The molecule has 0 bridgehead atoms. The number of anilines is 1. The fourth-order valence-electron chi connectivity index (χ4n) is 1.26. The molecule has 18 heavy (non-hydrogen) atoms. The molecular weight excluding hydrogens is 248 g/mol. The Bertz CT molecular complexity index is 492. The maximum atomic E-state index is 11.4. The number of benzene rings is 1. The van der Waals surface area contributed by atoms with Crippen LogP contribution in [0.2, 0.25) is 0 Å². The van der Waals surface area contributed by atoms with E-state index in [1.807, 2.05) is 36.6 Å². The molecule has 0 aliphatic rings. The number of hydrogen-bond acceptors (Lipinski definition) is 5. The van der Waals surface area contributed by atoms with Crippen LogP contribution in [0.4, 0.5) is 5.69 Å². The summed E-state index contributed by atoms with van der Waals surface area (Å²) in [7, 11) is 0. The van der Waals surface area contributed by atoms with Gasteiger partial charge in [-0.05, 0) is 25.3 Å². The molecule has 94 valence electrons. The highest BCUT2D eigenvalue weighted by atomic mass is 32.2. The molecule has 0 saturated carbocycles. The summed E-state index contributed by atoms with van der Waals surface area (Å²) in [6.45, 7) is 1.95. The van der Waals surface area contributed by atoms with Crippen LogP contribution in [-0.2, 0) is 9.53 Å². The Kier molecular flexibility index (Phi) is 5.81. The first-order valence-corrected chi connectivity index (χ1v) is 6.62. The summed E-state index contributed by atoms with van der Waals surface area (Å²) in [5, 5.41) is 11.8. The summed E-state index contributed by atoms with van der Waals surface area (Å²) in [6.07, 6.45) is 3.33. The van der Waals surface area contributed by atoms with Crippen LogP contribution in [0.1, 0.15) is 6.92 Å². The highest BCUT2D eigenvalue weighted by Gasteiger charge is 2.09. The number of carbonyl (C=O) groups is 1. The Morgan fingerprint density at radius 2 is 2.28 bits per heavy atom. The van der Waals surface area contributed by atoms with Crippen molar-refractivity contribution < 1.29 is 9.53 Å². The van der Waals surface area contributed by atoms with Crippen LogP contribution in [-0.4, -0.2) is 18.8 Å². The van der Waals surface area contributed by atoms with Crippen LogP contribution in [0.3, 0.4) is 0 Å². The predicted molar refractivity (Wildman–Crippen MR) is 72.2 cm³/mol. The smallest absolute Gasteiger partial charge is 0.350 e. The second-order valence-corrected chi connectivity index (χ2v) is 4.08. The van der Waals surface area contributed by atoms with Crippen LogP contribution in [0, 0.1) is 11.3 Å². The van der Waals surface area contributed by atoms with Crippen molar-refractivity contribution in [1.82, 2.24) is 0 Å². The van der Waals surface area contributed by atoms with Crippen LogP contribution in [0.25, 0.3) is 0 Å². The van der Waals surface area contributed by atoms with Crippen LogP contribution >= 0.6 is 11.8 Å². The summed E-state index contributed by atoms with van der Waals surface area (Å²) in [5.41, 5.74) is 0.801. The number of hydrogen-bond donors (Lipinski definition) is 1. The maximum absolute atomic E-state index is 11.4. The van der Waals surface area contributed by atoms with E-state index in [1.165, 1.54) is 6.20 Å². The molecule has 1 aromatic rings. The first kappa shape index (κ1) is 14.1. The number of nitrogens with one attached hydrogen (secondary N) is 1. The van der Waals surface area contributed by atoms with Crippen molar-refractivity contribution in [2.45, 2.75) is 11.8 Å². The van der Waals surface area contributed by atoms with Crippen LogP contribution in [0.15, 0.2) is 40.9 Å². The van der Waals surface area contributed by atoms with Gasteiger partial charge in [-0.1, -0.05) is 12.1 Å². The van der Waals surface area contributed by atoms with E-state index in [4.69, 9.17) is 10.00 Å². The Balaban J connectivity index is 2.84. The lowest BCUT2D eigenvalue weighted by atomic mass is 10.3. The Morgan fingerprint density at radius 3 is 2.89 bits per heavy atom. The van der Waals surface area contributed by atoms with Gasteiger partial charge in [-0.2, -0.15) is 5.26 Å². The Labute approximate surface area is 111 Å². The van der Waals surface area contributed by atoms with Gasteiger partial charge in [0.1, 0.15) is 6.07 Å². The number of rotatable bonds is 5. The molecule has 0 atom stereocenters.